The number of nitrogens with two attached hydrogens (primary N) is 1. The van der Waals surface area contributed by atoms with Crippen LogP contribution in [0.3, 0.4) is 0 Å². The maximum absolute atomic E-state index is 5.46. The maximum Gasteiger partial charge on any atom is 0.215 e. The van der Waals surface area contributed by atoms with E-state index in [-0.39, 0.29) is 0 Å². The van der Waals surface area contributed by atoms with Gasteiger partial charge in [-0.1, -0.05) is 18.2 Å². The number of para-hydroxylation sites is 1. The topological polar surface area (TPSA) is 89.5 Å². The van der Waals surface area contributed by atoms with Crippen LogP contribution in [0.15, 0.2) is 47.7 Å². The lowest BCUT2D eigenvalue weighted by Crippen LogP contribution is -2.35. The maximum atomic E-state index is 5.46. The number of guanidine groups is 1. The third kappa shape index (κ3) is 4.08. The molecule has 0 bridgehead atoms. The number of aliphatic imine (C=N–C) groups is 1. The highest BCUT2D eigenvalue weighted by atomic mass is 16.5. The summed E-state index contributed by atoms with van der Waals surface area (Å²) < 4.78 is 6.78. The molecule has 1 heterocycles. The summed E-state index contributed by atoms with van der Waals surface area (Å²) in [6, 6.07) is 9.54. The number of hydrogen-bond donors (Lipinski definition) is 3. The number of nitrogens with zero attached hydrogens (tertiary/aromatic N) is 3. The Morgan fingerprint density at radius 3 is 2.90 bits per heavy atom. The molecule has 2 aromatic rings. The van der Waals surface area contributed by atoms with Crippen LogP contribution in [0.5, 0.6) is 0 Å². The SMILES string of the molecule is COCCn1cc(NC(=Nc2ccccc2)NN)cn1. The number of benzene rings is 1. The fraction of sp³-hybridized carbons (Fsp3) is 0.231. The van der Waals surface area contributed by atoms with Gasteiger partial charge in [-0.05, 0) is 12.1 Å². The van der Waals surface area contributed by atoms with E-state index in [0.29, 0.717) is 19.1 Å². The van der Waals surface area contributed by atoms with Gasteiger partial charge in [0.1, 0.15) is 0 Å². The van der Waals surface area contributed by atoms with Gasteiger partial charge in [-0.3, -0.25) is 10.1 Å². The molecule has 7 nitrogen and oxygen atoms in total. The zero-order chi connectivity index (χ0) is 14.2. The van der Waals surface area contributed by atoms with Crippen LogP contribution < -0.4 is 16.6 Å². The molecule has 0 saturated heterocycles. The molecule has 0 spiro atoms. The Labute approximate surface area is 117 Å². The highest BCUT2D eigenvalue weighted by Crippen LogP contribution is 2.11. The molecule has 20 heavy (non-hydrogen) atoms. The predicted octanol–water partition coefficient (Wildman–Crippen LogP) is 1.09. The molecule has 1 aromatic heterocycles. The molecule has 4 N–H and O–H groups in total. The third-order valence-electron chi connectivity index (χ3n) is 2.55. The first-order chi connectivity index (χ1) is 9.81. The van der Waals surface area contributed by atoms with Crippen LogP contribution in [-0.4, -0.2) is 29.5 Å². The fourth-order valence-electron chi connectivity index (χ4n) is 1.60. The normalized spacial score (nSPS) is 11.4. The smallest absolute Gasteiger partial charge is 0.215 e. The molecule has 1 aromatic carbocycles. The van der Waals surface area contributed by atoms with Crippen LogP contribution in [0.2, 0.25) is 0 Å². The summed E-state index contributed by atoms with van der Waals surface area (Å²) in [5.41, 5.74) is 4.13. The lowest BCUT2D eigenvalue weighted by Gasteiger charge is -2.06. The highest BCUT2D eigenvalue weighted by molar-refractivity contribution is 5.94. The van der Waals surface area contributed by atoms with Gasteiger partial charge >= 0.3 is 0 Å². The van der Waals surface area contributed by atoms with Crippen LogP contribution in [-0.2, 0) is 11.3 Å². The molecule has 0 unspecified atom stereocenters. The largest absolute Gasteiger partial charge is 0.383 e. The lowest BCUT2D eigenvalue weighted by molar-refractivity contribution is 0.183. The molecule has 106 valence electrons. The van der Waals surface area contributed by atoms with E-state index in [1.165, 1.54) is 0 Å². The molecule has 0 aliphatic rings. The molecule has 0 radical (unpaired) electrons. The van der Waals surface area contributed by atoms with Gasteiger partial charge in [-0.25, -0.2) is 10.8 Å². The summed E-state index contributed by atoms with van der Waals surface area (Å²) in [6.07, 6.45) is 3.56. The summed E-state index contributed by atoms with van der Waals surface area (Å²) in [7, 11) is 1.66. The average Bonchev–Trinajstić information content (AvgIpc) is 2.93. The Morgan fingerprint density at radius 1 is 1.40 bits per heavy atom. The molecule has 2 rings (SSSR count). The molecule has 0 aliphatic carbocycles. The lowest BCUT2D eigenvalue weighted by atomic mass is 10.3. The molecular formula is C13H18N6O. The van der Waals surface area contributed by atoms with Gasteiger partial charge in [0.05, 0.1) is 30.7 Å². The van der Waals surface area contributed by atoms with Crippen molar-refractivity contribution in [1.82, 2.24) is 15.2 Å². The van der Waals surface area contributed by atoms with Gasteiger partial charge in [-0.2, -0.15) is 5.10 Å². The Kier molecular flexibility index (Phi) is 5.10. The van der Waals surface area contributed by atoms with Gasteiger partial charge in [0.2, 0.25) is 5.96 Å². The van der Waals surface area contributed by atoms with Crippen molar-refractivity contribution in [1.29, 1.82) is 0 Å². The third-order valence-corrected chi connectivity index (χ3v) is 2.55. The monoisotopic (exact) mass is 274 g/mol. The molecule has 0 aliphatic heterocycles. The summed E-state index contributed by atoms with van der Waals surface area (Å²) in [5, 5.41) is 7.26. The van der Waals surface area contributed by atoms with Crippen LogP contribution >= 0.6 is 0 Å². The molecule has 0 fully saturated rings. The number of aromatic nitrogens is 2. The summed E-state index contributed by atoms with van der Waals surface area (Å²) in [4.78, 5) is 4.35. The van der Waals surface area contributed by atoms with Crippen molar-refractivity contribution in [3.63, 3.8) is 0 Å². The van der Waals surface area contributed by atoms with E-state index in [9.17, 15) is 0 Å². The van der Waals surface area contributed by atoms with Crippen LogP contribution in [0.4, 0.5) is 11.4 Å². The van der Waals surface area contributed by atoms with Gasteiger partial charge in [0, 0.05) is 13.3 Å². The second-order valence-corrected chi connectivity index (χ2v) is 4.05. The molecule has 0 amide bonds. The minimum absolute atomic E-state index is 0.447. The number of nitrogens with one attached hydrogen (secondary N) is 2. The Bertz CT molecular complexity index is 551. The van der Waals surface area contributed by atoms with Gasteiger partial charge in [0.25, 0.3) is 0 Å². The van der Waals surface area contributed by atoms with Gasteiger partial charge in [0.15, 0.2) is 0 Å². The number of hydrogen-bond acceptors (Lipinski definition) is 4. The van der Waals surface area contributed by atoms with Crippen molar-refractivity contribution in [2.24, 2.45) is 10.8 Å². The minimum atomic E-state index is 0.447. The Balaban J connectivity index is 2.03. The second-order valence-electron chi connectivity index (χ2n) is 4.05. The molecule has 0 saturated carbocycles. The van der Waals surface area contributed by atoms with Gasteiger partial charge < -0.3 is 10.1 Å². The van der Waals surface area contributed by atoms with Crippen LogP contribution in [0.25, 0.3) is 0 Å². The number of methoxy groups -OCH3 is 1. The van der Waals surface area contributed by atoms with Crippen molar-refractivity contribution >= 4 is 17.3 Å². The summed E-state index contributed by atoms with van der Waals surface area (Å²) in [5.74, 6) is 5.91. The number of anilines is 1. The van der Waals surface area contributed by atoms with E-state index in [1.54, 1.807) is 18.0 Å². The first kappa shape index (κ1) is 14.0. The first-order valence-electron chi connectivity index (χ1n) is 6.20. The highest BCUT2D eigenvalue weighted by Gasteiger charge is 2.02. The van der Waals surface area contributed by atoms with Crippen molar-refractivity contribution in [3.05, 3.63) is 42.7 Å². The van der Waals surface area contributed by atoms with Gasteiger partial charge in [-0.15, -0.1) is 0 Å². The van der Waals surface area contributed by atoms with E-state index in [4.69, 9.17) is 10.6 Å². The first-order valence-corrected chi connectivity index (χ1v) is 6.20. The molecular weight excluding hydrogens is 256 g/mol. The Morgan fingerprint density at radius 2 is 2.20 bits per heavy atom. The average molecular weight is 274 g/mol. The van der Waals surface area contributed by atoms with Crippen molar-refractivity contribution in [3.8, 4) is 0 Å². The molecule has 0 atom stereocenters. The summed E-state index contributed by atoms with van der Waals surface area (Å²) >= 11 is 0. The Hall–Kier alpha value is -2.38. The van der Waals surface area contributed by atoms with Crippen molar-refractivity contribution < 1.29 is 4.74 Å². The van der Waals surface area contributed by atoms with Crippen molar-refractivity contribution in [2.75, 3.05) is 19.0 Å². The van der Waals surface area contributed by atoms with E-state index in [2.05, 4.69) is 20.8 Å². The minimum Gasteiger partial charge on any atom is -0.383 e. The quantitative estimate of drug-likeness (QED) is 0.329. The van der Waals surface area contributed by atoms with Crippen molar-refractivity contribution in [2.45, 2.75) is 6.54 Å². The van der Waals surface area contributed by atoms with E-state index >= 15 is 0 Å². The number of hydrazine groups is 1. The van der Waals surface area contributed by atoms with Crippen LogP contribution in [0.1, 0.15) is 0 Å². The second kappa shape index (κ2) is 7.27. The predicted molar refractivity (Wildman–Crippen MR) is 78.6 cm³/mol. The standard InChI is InChI=1S/C13H18N6O/c1-20-8-7-19-10-12(9-15-19)17-13(18-14)16-11-5-3-2-4-6-11/h2-6,9-10H,7-8,14H2,1H3,(H2,16,17,18). The number of ether oxygens (including phenoxy) is 1. The molecule has 7 heteroatoms. The summed E-state index contributed by atoms with van der Waals surface area (Å²) in [6.45, 7) is 1.31. The van der Waals surface area contributed by atoms with Crippen LogP contribution in [0, 0.1) is 0 Å². The zero-order valence-corrected chi connectivity index (χ0v) is 11.3. The van der Waals surface area contributed by atoms with E-state index < -0.39 is 0 Å². The van der Waals surface area contributed by atoms with E-state index in [0.717, 1.165) is 11.4 Å². The zero-order valence-electron chi connectivity index (χ0n) is 11.3. The van der Waals surface area contributed by atoms with E-state index in [1.807, 2.05) is 36.5 Å². The number of rotatable bonds is 5. The fourth-order valence-corrected chi connectivity index (χ4v) is 1.60.